The molecule has 0 aromatic heterocycles. The van der Waals surface area contributed by atoms with Crippen LogP contribution in [0.3, 0.4) is 0 Å². The van der Waals surface area contributed by atoms with E-state index in [2.05, 4.69) is 26.8 Å². The molecular formula is C22H21NO4. The molecule has 5 nitrogen and oxygen atoms in total. The molecule has 0 atom stereocenters. The first kappa shape index (κ1) is 19.7. The third kappa shape index (κ3) is 6.66. The Morgan fingerprint density at radius 3 is 1.22 bits per heavy atom. The predicted octanol–water partition coefficient (Wildman–Crippen LogP) is 4.37. The summed E-state index contributed by atoms with van der Waals surface area (Å²) in [5.41, 5.74) is 1.88. The van der Waals surface area contributed by atoms with Gasteiger partial charge in [0.05, 0.1) is 11.1 Å². The largest absolute Gasteiger partial charge is 0.386 e. The molecule has 27 heavy (non-hydrogen) atoms. The van der Waals surface area contributed by atoms with E-state index in [0.29, 0.717) is 11.1 Å². The maximum absolute atomic E-state index is 11.5. The Bertz CT molecular complexity index is 782. The van der Waals surface area contributed by atoms with Gasteiger partial charge in [0.15, 0.2) is 0 Å². The summed E-state index contributed by atoms with van der Waals surface area (Å²) in [4.78, 5) is 34.0. The van der Waals surface area contributed by atoms with E-state index in [4.69, 9.17) is 0 Å². The fourth-order valence-corrected chi connectivity index (χ4v) is 2.05. The lowest BCUT2D eigenvalue weighted by Crippen LogP contribution is -2.11. The van der Waals surface area contributed by atoms with E-state index in [-0.39, 0.29) is 0 Å². The summed E-state index contributed by atoms with van der Waals surface area (Å²) >= 11 is 0. The highest BCUT2D eigenvalue weighted by Gasteiger charge is 2.12. The first-order valence-electron chi connectivity index (χ1n) is 8.33. The van der Waals surface area contributed by atoms with Crippen LogP contribution in [-0.2, 0) is 9.78 Å². The Labute approximate surface area is 158 Å². The van der Waals surface area contributed by atoms with Gasteiger partial charge in [-0.2, -0.15) is 0 Å². The molecular weight excluding hydrogens is 342 g/mol. The number of anilines is 1. The van der Waals surface area contributed by atoms with Crippen molar-refractivity contribution in [3.05, 3.63) is 102 Å². The Morgan fingerprint density at radius 2 is 0.926 bits per heavy atom. The molecule has 0 N–H and O–H groups in total. The van der Waals surface area contributed by atoms with Crippen LogP contribution in [0, 0.1) is 0 Å². The number of hydrogen-bond acceptors (Lipinski definition) is 5. The van der Waals surface area contributed by atoms with Crippen LogP contribution in [0.1, 0.15) is 20.7 Å². The van der Waals surface area contributed by atoms with Gasteiger partial charge in [-0.05, 0) is 36.4 Å². The average molecular weight is 363 g/mol. The number of rotatable bonds is 3. The van der Waals surface area contributed by atoms with E-state index in [1.807, 2.05) is 32.3 Å². The molecule has 0 saturated heterocycles. The number of nitrogens with zero attached hydrogens (tertiary/aromatic N) is 1. The fraction of sp³-hybridized carbons (Fsp3) is 0.0909. The average Bonchev–Trinajstić information content (AvgIpc) is 2.74. The van der Waals surface area contributed by atoms with Gasteiger partial charge in [-0.1, -0.05) is 54.6 Å². The smallest absolute Gasteiger partial charge is 0.378 e. The Balaban J connectivity index is 0.000000244. The highest BCUT2D eigenvalue weighted by molar-refractivity contribution is 5.92. The number of carbonyl (C=O) groups excluding carboxylic acids is 2. The topological polar surface area (TPSA) is 55.8 Å². The summed E-state index contributed by atoms with van der Waals surface area (Å²) in [6, 6.07) is 26.8. The lowest BCUT2D eigenvalue weighted by atomic mass is 10.2. The molecule has 0 amide bonds. The van der Waals surface area contributed by atoms with Crippen molar-refractivity contribution in [1.29, 1.82) is 0 Å². The maximum Gasteiger partial charge on any atom is 0.386 e. The van der Waals surface area contributed by atoms with E-state index < -0.39 is 11.9 Å². The van der Waals surface area contributed by atoms with E-state index in [0.717, 1.165) is 0 Å². The summed E-state index contributed by atoms with van der Waals surface area (Å²) in [5, 5.41) is 0. The summed E-state index contributed by atoms with van der Waals surface area (Å²) in [7, 11) is 4.07. The molecule has 3 aromatic carbocycles. The zero-order valence-electron chi connectivity index (χ0n) is 15.2. The van der Waals surface area contributed by atoms with Crippen LogP contribution in [0.5, 0.6) is 0 Å². The van der Waals surface area contributed by atoms with Crippen LogP contribution in [0.4, 0.5) is 5.69 Å². The molecule has 0 heterocycles. The highest BCUT2D eigenvalue weighted by Crippen LogP contribution is 2.07. The van der Waals surface area contributed by atoms with Crippen LogP contribution in [0.15, 0.2) is 91.0 Å². The first-order valence-corrected chi connectivity index (χ1v) is 8.33. The van der Waals surface area contributed by atoms with Crippen molar-refractivity contribution in [2.75, 3.05) is 19.0 Å². The van der Waals surface area contributed by atoms with Gasteiger partial charge in [-0.15, -0.1) is 0 Å². The molecule has 0 aliphatic heterocycles. The van der Waals surface area contributed by atoms with Crippen LogP contribution < -0.4 is 4.90 Å². The number of para-hydroxylation sites is 1. The molecule has 138 valence electrons. The zero-order chi connectivity index (χ0) is 19.5. The second-order valence-electron chi connectivity index (χ2n) is 5.70. The van der Waals surface area contributed by atoms with Crippen molar-refractivity contribution in [2.45, 2.75) is 0 Å². The van der Waals surface area contributed by atoms with Crippen LogP contribution in [0.2, 0.25) is 0 Å². The molecule has 3 rings (SSSR count). The molecule has 5 heteroatoms. The first-order chi connectivity index (χ1) is 13.1. The molecule has 0 fully saturated rings. The minimum atomic E-state index is -0.708. The quantitative estimate of drug-likeness (QED) is 0.511. The minimum absolute atomic E-state index is 0.318. The summed E-state index contributed by atoms with van der Waals surface area (Å²) < 4.78 is 0. The van der Waals surface area contributed by atoms with Gasteiger partial charge in [-0.25, -0.2) is 19.4 Å². The number of hydrogen-bond donors (Lipinski definition) is 0. The van der Waals surface area contributed by atoms with Gasteiger partial charge in [-0.3, -0.25) is 0 Å². The minimum Gasteiger partial charge on any atom is -0.378 e. The van der Waals surface area contributed by atoms with Crippen molar-refractivity contribution in [3.63, 3.8) is 0 Å². The van der Waals surface area contributed by atoms with Crippen molar-refractivity contribution < 1.29 is 19.4 Å². The lowest BCUT2D eigenvalue weighted by molar-refractivity contribution is -0.187. The predicted molar refractivity (Wildman–Crippen MR) is 104 cm³/mol. The molecule has 0 unspecified atom stereocenters. The van der Waals surface area contributed by atoms with Crippen LogP contribution in [-0.4, -0.2) is 26.0 Å². The molecule has 0 saturated carbocycles. The van der Waals surface area contributed by atoms with E-state index in [1.165, 1.54) is 5.69 Å². The van der Waals surface area contributed by atoms with E-state index in [9.17, 15) is 9.59 Å². The maximum atomic E-state index is 11.5. The summed E-state index contributed by atoms with van der Waals surface area (Å²) in [6.07, 6.45) is 0. The van der Waals surface area contributed by atoms with Gasteiger partial charge >= 0.3 is 11.9 Å². The molecule has 0 bridgehead atoms. The van der Waals surface area contributed by atoms with Gasteiger partial charge in [0.2, 0.25) is 0 Å². The van der Waals surface area contributed by atoms with Crippen LogP contribution >= 0.6 is 0 Å². The second kappa shape index (κ2) is 10.4. The third-order valence-electron chi connectivity index (χ3n) is 3.48. The lowest BCUT2D eigenvalue weighted by Gasteiger charge is -2.10. The summed E-state index contributed by atoms with van der Waals surface area (Å²) in [6.45, 7) is 0. The molecule has 0 aliphatic rings. The van der Waals surface area contributed by atoms with E-state index in [1.54, 1.807) is 60.7 Å². The van der Waals surface area contributed by atoms with Gasteiger partial charge in [0, 0.05) is 19.8 Å². The SMILES string of the molecule is CN(C)c1ccccc1.O=C(OOC(=O)c1ccccc1)c1ccccc1. The monoisotopic (exact) mass is 363 g/mol. The second-order valence-corrected chi connectivity index (χ2v) is 5.70. The number of benzene rings is 3. The Kier molecular flexibility index (Phi) is 7.60. The van der Waals surface area contributed by atoms with E-state index >= 15 is 0 Å². The zero-order valence-corrected chi connectivity index (χ0v) is 15.2. The molecule has 3 aromatic rings. The molecule has 0 radical (unpaired) electrons. The van der Waals surface area contributed by atoms with Gasteiger partial charge in [0.25, 0.3) is 0 Å². The van der Waals surface area contributed by atoms with Gasteiger partial charge < -0.3 is 4.90 Å². The Morgan fingerprint density at radius 1 is 0.593 bits per heavy atom. The molecule has 0 spiro atoms. The third-order valence-corrected chi connectivity index (χ3v) is 3.48. The normalized spacial score (nSPS) is 9.41. The number of carbonyl (C=O) groups is 2. The van der Waals surface area contributed by atoms with Crippen LogP contribution in [0.25, 0.3) is 0 Å². The van der Waals surface area contributed by atoms with Crippen molar-refractivity contribution in [3.8, 4) is 0 Å². The van der Waals surface area contributed by atoms with Gasteiger partial charge in [0.1, 0.15) is 0 Å². The molecule has 0 aliphatic carbocycles. The summed E-state index contributed by atoms with van der Waals surface area (Å²) in [5.74, 6) is -1.42. The highest BCUT2D eigenvalue weighted by atomic mass is 17.2. The van der Waals surface area contributed by atoms with Crippen molar-refractivity contribution in [2.24, 2.45) is 0 Å². The van der Waals surface area contributed by atoms with Crippen molar-refractivity contribution in [1.82, 2.24) is 0 Å². The van der Waals surface area contributed by atoms with Crippen molar-refractivity contribution >= 4 is 17.6 Å². The standard InChI is InChI=1S/C14H10O4.C8H11N/c15-13(11-7-3-1-4-8-11)17-18-14(16)12-9-5-2-6-10-12;1-9(2)8-6-4-3-5-7-8/h1-10H;3-7H,1-2H3. The fourth-order valence-electron chi connectivity index (χ4n) is 2.05. The Hall–Kier alpha value is -3.60.